The van der Waals surface area contributed by atoms with Crippen LogP contribution in [0.5, 0.6) is 0 Å². The van der Waals surface area contributed by atoms with E-state index in [1.165, 1.54) is 0 Å². The molecule has 0 rings (SSSR count). The van der Waals surface area contributed by atoms with Gasteiger partial charge >= 0.3 is 16.3 Å². The number of alkyl carbamates (subject to hydrolysis) is 1. The van der Waals surface area contributed by atoms with Crippen LogP contribution >= 0.6 is 0 Å². The zero-order chi connectivity index (χ0) is 12.8. The van der Waals surface area contributed by atoms with Crippen LogP contribution in [0.3, 0.4) is 0 Å². The van der Waals surface area contributed by atoms with Gasteiger partial charge in [-0.15, -0.1) is 3.89 Å². The van der Waals surface area contributed by atoms with Gasteiger partial charge in [-0.3, -0.25) is 0 Å². The fraction of sp³-hybridized carbons (Fsp3) is 0.889. The minimum Gasteiger partial charge on any atom is -0.444 e. The molecule has 0 saturated carbocycles. The maximum Gasteiger partial charge on any atom is 0.407 e. The Morgan fingerprint density at radius 1 is 1.31 bits per heavy atom. The van der Waals surface area contributed by atoms with Gasteiger partial charge < -0.3 is 10.1 Å². The lowest BCUT2D eigenvalue weighted by molar-refractivity contribution is 0.0527. The van der Waals surface area contributed by atoms with Crippen LogP contribution in [0.25, 0.3) is 0 Å². The molecule has 0 heterocycles. The topological polar surface area (TPSA) is 72.5 Å². The molecule has 0 radical (unpaired) electrons. The molecule has 1 amide bonds. The summed E-state index contributed by atoms with van der Waals surface area (Å²) >= 11 is 0. The third-order valence-electron chi connectivity index (χ3n) is 1.48. The van der Waals surface area contributed by atoms with Crippen LogP contribution in [0.2, 0.25) is 0 Å². The van der Waals surface area contributed by atoms with Gasteiger partial charge in [0.05, 0.1) is 5.75 Å². The lowest BCUT2D eigenvalue weighted by Gasteiger charge is -2.19. The van der Waals surface area contributed by atoms with E-state index in [1.807, 2.05) is 0 Å². The van der Waals surface area contributed by atoms with Crippen LogP contribution in [0.15, 0.2) is 0 Å². The zero-order valence-electron chi connectivity index (χ0n) is 9.75. The predicted octanol–water partition coefficient (Wildman–Crippen LogP) is 1.59. The van der Waals surface area contributed by atoms with Gasteiger partial charge in [0, 0.05) is 6.54 Å². The molecular weight excluding hydrogens is 237 g/mol. The van der Waals surface area contributed by atoms with E-state index in [4.69, 9.17) is 4.74 Å². The molecule has 96 valence electrons. The molecule has 0 atom stereocenters. The summed E-state index contributed by atoms with van der Waals surface area (Å²) in [5, 5.41) is 2.45. The van der Waals surface area contributed by atoms with Gasteiger partial charge in [-0.05, 0) is 33.6 Å². The second kappa shape index (κ2) is 6.03. The highest BCUT2D eigenvalue weighted by Crippen LogP contribution is 2.06. The average molecular weight is 255 g/mol. The van der Waals surface area contributed by atoms with Crippen molar-refractivity contribution in [3.8, 4) is 0 Å². The molecule has 0 aromatic rings. The monoisotopic (exact) mass is 255 g/mol. The molecule has 0 bridgehead atoms. The maximum absolute atomic E-state index is 12.1. The van der Waals surface area contributed by atoms with Crippen molar-refractivity contribution in [2.75, 3.05) is 12.3 Å². The van der Waals surface area contributed by atoms with Gasteiger partial charge in [-0.25, -0.2) is 4.79 Å². The first-order valence-corrected chi connectivity index (χ1v) is 6.54. The molecule has 0 aromatic carbocycles. The summed E-state index contributed by atoms with van der Waals surface area (Å²) in [6.07, 6.45) is 0.00687. The third kappa shape index (κ3) is 11.2. The van der Waals surface area contributed by atoms with E-state index in [1.54, 1.807) is 20.8 Å². The van der Waals surface area contributed by atoms with Crippen molar-refractivity contribution in [1.82, 2.24) is 5.32 Å². The van der Waals surface area contributed by atoms with Gasteiger partial charge in [0.25, 0.3) is 0 Å². The number of unbranched alkanes of at least 4 members (excludes halogenated alkanes) is 1. The first kappa shape index (κ1) is 15.2. The van der Waals surface area contributed by atoms with Crippen molar-refractivity contribution in [1.29, 1.82) is 0 Å². The van der Waals surface area contributed by atoms with Gasteiger partial charge in [0.1, 0.15) is 5.60 Å². The van der Waals surface area contributed by atoms with Crippen molar-refractivity contribution in [2.45, 2.75) is 39.2 Å². The summed E-state index contributed by atoms with van der Waals surface area (Å²) in [6.45, 7) is 5.48. The number of amides is 1. The second-order valence-electron chi connectivity index (χ2n) is 4.38. The lowest BCUT2D eigenvalue weighted by atomic mass is 10.2. The first-order chi connectivity index (χ1) is 7.10. The van der Waals surface area contributed by atoms with Crippen LogP contribution in [-0.2, 0) is 15.0 Å². The van der Waals surface area contributed by atoms with Gasteiger partial charge in [0.15, 0.2) is 0 Å². The largest absolute Gasteiger partial charge is 0.444 e. The first-order valence-electron chi connectivity index (χ1n) is 4.99. The Labute approximate surface area is 95.6 Å². The predicted molar refractivity (Wildman–Crippen MR) is 58.4 cm³/mol. The van der Waals surface area contributed by atoms with Gasteiger partial charge in [-0.2, -0.15) is 8.42 Å². The Hall–Kier alpha value is -0.850. The Morgan fingerprint density at radius 2 is 1.88 bits per heavy atom. The number of ether oxygens (including phenoxy) is 1. The summed E-state index contributed by atoms with van der Waals surface area (Å²) in [5.41, 5.74) is -0.563. The van der Waals surface area contributed by atoms with E-state index >= 15 is 0 Å². The highest BCUT2D eigenvalue weighted by Gasteiger charge is 2.15. The molecular formula is C9H18FNO4S. The van der Waals surface area contributed by atoms with E-state index < -0.39 is 27.7 Å². The number of hydrogen-bond donors (Lipinski definition) is 1. The molecule has 0 aliphatic heterocycles. The Bertz CT molecular complexity index is 321. The summed E-state index contributed by atoms with van der Waals surface area (Å²) < 4.78 is 37.3. The Morgan fingerprint density at radius 3 is 2.31 bits per heavy atom. The standard InChI is InChI=1S/C9H18FNO4S/c1-9(2,3)15-8(12)11-6-4-5-7-16(10,13)14/h4-7H2,1-3H3,(H,11,12). The molecule has 0 spiro atoms. The Kier molecular flexibility index (Phi) is 5.71. The van der Waals surface area contributed by atoms with Crippen LogP contribution < -0.4 is 5.32 Å². The normalized spacial score (nSPS) is 12.2. The molecule has 0 aliphatic rings. The molecule has 0 unspecified atom stereocenters. The van der Waals surface area contributed by atoms with Crippen molar-refractivity contribution in [2.24, 2.45) is 0 Å². The van der Waals surface area contributed by atoms with Crippen molar-refractivity contribution in [3.63, 3.8) is 0 Å². The van der Waals surface area contributed by atoms with Gasteiger partial charge in [0.2, 0.25) is 0 Å². The summed E-state index contributed by atoms with van der Waals surface area (Å²) in [7, 11) is -4.40. The van der Waals surface area contributed by atoms with E-state index in [2.05, 4.69) is 5.32 Å². The van der Waals surface area contributed by atoms with Crippen molar-refractivity contribution >= 4 is 16.3 Å². The summed E-state index contributed by atoms with van der Waals surface area (Å²) in [6, 6.07) is 0. The average Bonchev–Trinajstić information content (AvgIpc) is 1.97. The van der Waals surface area contributed by atoms with Crippen LogP contribution in [0.4, 0.5) is 8.68 Å². The minimum atomic E-state index is -4.40. The second-order valence-corrected chi connectivity index (χ2v) is 5.86. The van der Waals surface area contributed by atoms with E-state index in [0.29, 0.717) is 6.42 Å². The Balaban J connectivity index is 3.57. The van der Waals surface area contributed by atoms with Crippen LogP contribution in [0, 0.1) is 0 Å². The summed E-state index contributed by atoms with van der Waals surface area (Å²) in [4.78, 5) is 11.1. The summed E-state index contributed by atoms with van der Waals surface area (Å²) in [5.74, 6) is -0.511. The highest BCUT2D eigenvalue weighted by molar-refractivity contribution is 7.86. The third-order valence-corrected chi connectivity index (χ3v) is 2.26. The molecule has 16 heavy (non-hydrogen) atoms. The van der Waals surface area contributed by atoms with E-state index in [9.17, 15) is 17.1 Å². The number of carbonyl (C=O) groups is 1. The number of halogens is 1. The fourth-order valence-electron chi connectivity index (χ4n) is 0.904. The number of carbonyl (C=O) groups excluding carboxylic acids is 1. The number of nitrogens with one attached hydrogen (secondary N) is 1. The molecule has 0 saturated heterocycles. The van der Waals surface area contributed by atoms with E-state index in [0.717, 1.165) is 0 Å². The van der Waals surface area contributed by atoms with Crippen LogP contribution in [-0.4, -0.2) is 32.4 Å². The number of hydrogen-bond acceptors (Lipinski definition) is 4. The van der Waals surface area contributed by atoms with Crippen molar-refractivity contribution < 1.29 is 21.8 Å². The zero-order valence-corrected chi connectivity index (χ0v) is 10.6. The fourth-order valence-corrected chi connectivity index (χ4v) is 1.45. The molecule has 0 fully saturated rings. The quantitative estimate of drug-likeness (QED) is 0.598. The number of rotatable bonds is 5. The molecule has 0 aliphatic carbocycles. The lowest BCUT2D eigenvalue weighted by Crippen LogP contribution is -2.33. The van der Waals surface area contributed by atoms with Crippen LogP contribution in [0.1, 0.15) is 33.6 Å². The minimum absolute atomic E-state index is 0.175. The SMILES string of the molecule is CC(C)(C)OC(=O)NCCCCS(=O)(=O)F. The highest BCUT2D eigenvalue weighted by atomic mass is 32.3. The maximum atomic E-state index is 12.1. The molecule has 7 heteroatoms. The van der Waals surface area contributed by atoms with E-state index in [-0.39, 0.29) is 13.0 Å². The van der Waals surface area contributed by atoms with Gasteiger partial charge in [-0.1, -0.05) is 0 Å². The van der Waals surface area contributed by atoms with Crippen molar-refractivity contribution in [3.05, 3.63) is 0 Å². The smallest absolute Gasteiger partial charge is 0.407 e. The molecule has 0 aromatic heterocycles. The molecule has 5 nitrogen and oxygen atoms in total. The molecule has 1 N–H and O–H groups in total.